The molecular formula is C19H29N5O2. The maximum absolute atomic E-state index is 12.9. The van der Waals surface area contributed by atoms with Gasteiger partial charge in [-0.25, -0.2) is 0 Å². The lowest BCUT2D eigenvalue weighted by Crippen LogP contribution is -2.47. The van der Waals surface area contributed by atoms with Gasteiger partial charge in [-0.15, -0.1) is 0 Å². The zero-order valence-electron chi connectivity index (χ0n) is 15.9. The van der Waals surface area contributed by atoms with Crippen LogP contribution in [0.2, 0.25) is 0 Å². The first-order chi connectivity index (χ1) is 12.5. The number of carbonyl (C=O) groups is 1. The van der Waals surface area contributed by atoms with E-state index in [4.69, 9.17) is 4.74 Å². The van der Waals surface area contributed by atoms with Gasteiger partial charge in [-0.2, -0.15) is 5.10 Å². The summed E-state index contributed by atoms with van der Waals surface area (Å²) < 4.78 is 7.69. The fourth-order valence-electron chi connectivity index (χ4n) is 3.43. The smallest absolute Gasteiger partial charge is 0.224 e. The normalized spacial score (nSPS) is 18.2. The van der Waals surface area contributed by atoms with E-state index in [0.717, 1.165) is 31.1 Å². The Kier molecular flexibility index (Phi) is 6.11. The average Bonchev–Trinajstić information content (AvgIpc) is 3.22. The van der Waals surface area contributed by atoms with Gasteiger partial charge in [0, 0.05) is 62.9 Å². The number of aromatic nitrogens is 3. The molecule has 142 valence electrons. The van der Waals surface area contributed by atoms with Gasteiger partial charge in [-0.1, -0.05) is 0 Å². The van der Waals surface area contributed by atoms with Crippen LogP contribution >= 0.6 is 0 Å². The Labute approximate surface area is 154 Å². The third kappa shape index (κ3) is 4.95. The minimum Gasteiger partial charge on any atom is -0.374 e. The molecule has 0 aliphatic carbocycles. The van der Waals surface area contributed by atoms with E-state index in [1.165, 1.54) is 5.56 Å². The van der Waals surface area contributed by atoms with Crippen LogP contribution in [0.25, 0.3) is 0 Å². The molecule has 7 heteroatoms. The second-order valence-corrected chi connectivity index (χ2v) is 7.15. The lowest BCUT2D eigenvalue weighted by Gasteiger charge is -2.34. The fourth-order valence-corrected chi connectivity index (χ4v) is 3.43. The standard InChI is InChI=1S/C19H29N5O2/c1-15-11-17(16(2)21-15)12-23(14-18-13-22(3)9-10-26-18)19(25)5-8-24-7-4-6-20-24/h4,6-7,11,18,21H,5,8-10,12-14H2,1-3H3. The van der Waals surface area contributed by atoms with Gasteiger partial charge in [-0.05, 0) is 38.6 Å². The quantitative estimate of drug-likeness (QED) is 0.815. The molecular weight excluding hydrogens is 330 g/mol. The molecule has 1 aliphatic rings. The first-order valence-electron chi connectivity index (χ1n) is 9.21. The van der Waals surface area contributed by atoms with E-state index in [9.17, 15) is 4.79 Å². The number of H-pyrrole nitrogens is 1. The summed E-state index contributed by atoms with van der Waals surface area (Å²) in [5.74, 6) is 0.135. The van der Waals surface area contributed by atoms with E-state index in [0.29, 0.717) is 26.1 Å². The predicted octanol–water partition coefficient (Wildman–Crippen LogP) is 1.58. The Hall–Kier alpha value is -2.12. The summed E-state index contributed by atoms with van der Waals surface area (Å²) in [6.07, 6.45) is 4.12. The van der Waals surface area contributed by atoms with Crippen LogP contribution in [0.3, 0.4) is 0 Å². The molecule has 2 aromatic rings. The number of hydrogen-bond donors (Lipinski definition) is 1. The van der Waals surface area contributed by atoms with Gasteiger partial charge in [-0.3, -0.25) is 9.48 Å². The van der Waals surface area contributed by atoms with Crippen LogP contribution in [0, 0.1) is 13.8 Å². The van der Waals surface area contributed by atoms with Crippen LogP contribution in [-0.4, -0.2) is 69.9 Å². The number of likely N-dealkylation sites (N-methyl/N-ethyl adjacent to an activating group) is 1. The van der Waals surface area contributed by atoms with Gasteiger partial charge in [0.25, 0.3) is 0 Å². The van der Waals surface area contributed by atoms with Crippen molar-refractivity contribution in [3.63, 3.8) is 0 Å². The van der Waals surface area contributed by atoms with E-state index >= 15 is 0 Å². The van der Waals surface area contributed by atoms with Crippen LogP contribution in [0.1, 0.15) is 23.4 Å². The van der Waals surface area contributed by atoms with E-state index in [-0.39, 0.29) is 12.0 Å². The monoisotopic (exact) mass is 359 g/mol. The van der Waals surface area contributed by atoms with Crippen molar-refractivity contribution >= 4 is 5.91 Å². The Bertz CT molecular complexity index is 710. The summed E-state index contributed by atoms with van der Waals surface area (Å²) in [5, 5.41) is 4.18. The highest BCUT2D eigenvalue weighted by Gasteiger charge is 2.24. The van der Waals surface area contributed by atoms with Crippen molar-refractivity contribution < 1.29 is 9.53 Å². The highest BCUT2D eigenvalue weighted by molar-refractivity contribution is 5.76. The first kappa shape index (κ1) is 18.7. The Morgan fingerprint density at radius 3 is 2.96 bits per heavy atom. The van der Waals surface area contributed by atoms with E-state index < -0.39 is 0 Å². The number of hydrogen-bond acceptors (Lipinski definition) is 4. The first-order valence-corrected chi connectivity index (χ1v) is 9.21. The molecule has 0 bridgehead atoms. The molecule has 1 N–H and O–H groups in total. The number of ether oxygens (including phenoxy) is 1. The minimum absolute atomic E-state index is 0.0581. The number of nitrogens with one attached hydrogen (secondary N) is 1. The summed E-state index contributed by atoms with van der Waals surface area (Å²) in [6.45, 7) is 8.44. The van der Waals surface area contributed by atoms with Gasteiger partial charge in [0.1, 0.15) is 0 Å². The van der Waals surface area contributed by atoms with Crippen LogP contribution in [-0.2, 0) is 22.6 Å². The van der Waals surface area contributed by atoms with Crippen molar-refractivity contribution in [2.45, 2.75) is 39.5 Å². The van der Waals surface area contributed by atoms with Crippen LogP contribution in [0.5, 0.6) is 0 Å². The Balaban J connectivity index is 1.67. The molecule has 1 saturated heterocycles. The summed E-state index contributed by atoms with van der Waals surface area (Å²) in [4.78, 5) is 20.4. The predicted molar refractivity (Wildman–Crippen MR) is 99.8 cm³/mol. The molecule has 0 saturated carbocycles. The number of aryl methyl sites for hydroxylation is 3. The summed E-state index contributed by atoms with van der Waals surface area (Å²) in [6, 6.07) is 4.00. The van der Waals surface area contributed by atoms with Crippen LogP contribution < -0.4 is 0 Å². The van der Waals surface area contributed by atoms with Gasteiger partial charge >= 0.3 is 0 Å². The van der Waals surface area contributed by atoms with Crippen LogP contribution in [0.15, 0.2) is 24.5 Å². The summed E-state index contributed by atoms with van der Waals surface area (Å²) in [5.41, 5.74) is 3.41. The lowest BCUT2D eigenvalue weighted by molar-refractivity contribution is -0.135. The highest BCUT2D eigenvalue weighted by atomic mass is 16.5. The molecule has 1 amide bonds. The maximum Gasteiger partial charge on any atom is 0.224 e. The van der Waals surface area contributed by atoms with Crippen molar-refractivity contribution in [3.8, 4) is 0 Å². The van der Waals surface area contributed by atoms with Crippen molar-refractivity contribution in [1.29, 1.82) is 0 Å². The topological polar surface area (TPSA) is 66.4 Å². The Morgan fingerprint density at radius 2 is 2.31 bits per heavy atom. The van der Waals surface area contributed by atoms with E-state index in [2.05, 4.69) is 35.0 Å². The van der Waals surface area contributed by atoms with Crippen LogP contribution in [0.4, 0.5) is 0 Å². The SMILES string of the molecule is Cc1cc(CN(CC2CN(C)CCO2)C(=O)CCn2cccn2)c(C)[nH]1. The van der Waals surface area contributed by atoms with Crippen molar-refractivity contribution in [2.24, 2.45) is 0 Å². The third-order valence-electron chi connectivity index (χ3n) is 4.85. The largest absolute Gasteiger partial charge is 0.374 e. The van der Waals surface area contributed by atoms with Gasteiger partial charge in [0.05, 0.1) is 12.7 Å². The molecule has 26 heavy (non-hydrogen) atoms. The van der Waals surface area contributed by atoms with E-state index in [1.54, 1.807) is 10.9 Å². The molecule has 7 nitrogen and oxygen atoms in total. The fraction of sp³-hybridized carbons (Fsp3) is 0.579. The molecule has 0 spiro atoms. The molecule has 2 aromatic heterocycles. The van der Waals surface area contributed by atoms with E-state index in [1.807, 2.05) is 24.1 Å². The van der Waals surface area contributed by atoms with Crippen molar-refractivity contribution in [1.82, 2.24) is 24.6 Å². The minimum atomic E-state index is 0.0581. The summed E-state index contributed by atoms with van der Waals surface area (Å²) in [7, 11) is 2.10. The maximum atomic E-state index is 12.9. The lowest BCUT2D eigenvalue weighted by atomic mass is 10.2. The number of amides is 1. The second kappa shape index (κ2) is 8.51. The number of rotatable bonds is 7. The molecule has 1 unspecified atom stereocenters. The molecule has 1 aliphatic heterocycles. The highest BCUT2D eigenvalue weighted by Crippen LogP contribution is 2.15. The molecule has 3 rings (SSSR count). The molecule has 1 atom stereocenters. The molecule has 0 radical (unpaired) electrons. The zero-order valence-corrected chi connectivity index (χ0v) is 15.9. The zero-order chi connectivity index (χ0) is 18.5. The molecule has 1 fully saturated rings. The van der Waals surface area contributed by atoms with Gasteiger partial charge < -0.3 is 19.5 Å². The second-order valence-electron chi connectivity index (χ2n) is 7.15. The van der Waals surface area contributed by atoms with Crippen molar-refractivity contribution in [3.05, 3.63) is 41.5 Å². The number of morpholine rings is 1. The van der Waals surface area contributed by atoms with Gasteiger partial charge in [0.15, 0.2) is 0 Å². The number of aromatic amines is 1. The molecule has 3 heterocycles. The molecule has 0 aromatic carbocycles. The van der Waals surface area contributed by atoms with Gasteiger partial charge in [0.2, 0.25) is 5.91 Å². The number of carbonyl (C=O) groups excluding carboxylic acids is 1. The third-order valence-corrected chi connectivity index (χ3v) is 4.85. The Morgan fingerprint density at radius 1 is 1.46 bits per heavy atom. The summed E-state index contributed by atoms with van der Waals surface area (Å²) >= 11 is 0. The average molecular weight is 359 g/mol. The number of nitrogens with zero attached hydrogens (tertiary/aromatic N) is 4. The van der Waals surface area contributed by atoms with Crippen molar-refractivity contribution in [2.75, 3.05) is 33.3 Å².